The zero-order chi connectivity index (χ0) is 16.9. The molecule has 0 aliphatic heterocycles. The molecule has 0 saturated heterocycles. The number of carboxylic acid groups (broad SMARTS) is 1. The second-order valence-electron chi connectivity index (χ2n) is 5.11. The summed E-state index contributed by atoms with van der Waals surface area (Å²) < 4.78 is 0. The Morgan fingerprint density at radius 2 is 1.75 bits per heavy atom. The zero-order valence-corrected chi connectivity index (χ0v) is 13.4. The molecule has 1 amide bonds. The normalized spacial score (nSPS) is 10.3. The van der Waals surface area contributed by atoms with Gasteiger partial charge in [-0.05, 0) is 36.4 Å². The third kappa shape index (κ3) is 3.85. The van der Waals surface area contributed by atoms with Crippen molar-refractivity contribution >= 4 is 28.9 Å². The maximum Gasteiger partial charge on any atom is 0.309 e. The van der Waals surface area contributed by atoms with Crippen LogP contribution < -0.4 is 5.32 Å². The zero-order valence-electron chi connectivity index (χ0n) is 12.6. The van der Waals surface area contributed by atoms with Crippen molar-refractivity contribution in [3.63, 3.8) is 0 Å². The van der Waals surface area contributed by atoms with Crippen molar-refractivity contribution in [3.05, 3.63) is 71.2 Å². The minimum Gasteiger partial charge on any atom is -0.481 e. The summed E-state index contributed by atoms with van der Waals surface area (Å²) in [4.78, 5) is 27.1. The van der Waals surface area contributed by atoms with E-state index >= 15 is 0 Å². The summed E-state index contributed by atoms with van der Waals surface area (Å²) in [6.45, 7) is 0. The van der Waals surface area contributed by atoms with Gasteiger partial charge >= 0.3 is 5.97 Å². The largest absolute Gasteiger partial charge is 0.481 e. The van der Waals surface area contributed by atoms with E-state index in [0.29, 0.717) is 16.9 Å². The van der Waals surface area contributed by atoms with Crippen LogP contribution in [0.15, 0.2) is 60.0 Å². The predicted octanol–water partition coefficient (Wildman–Crippen LogP) is 3.69. The molecule has 2 N–H and O–H groups in total. The molecule has 0 bridgehead atoms. The topological polar surface area (TPSA) is 79.3 Å². The molecular formula is C18H14N2O3S. The first-order valence-electron chi connectivity index (χ1n) is 7.25. The molecule has 3 aromatic rings. The Labute approximate surface area is 142 Å². The van der Waals surface area contributed by atoms with E-state index in [1.807, 2.05) is 30.3 Å². The standard InChI is InChI=1S/C18H14N2O3S/c21-16(22)10-15-11-24-18(20-15)13-6-8-14(9-7-13)19-17(23)12-4-2-1-3-5-12/h1-9,11H,10H2,(H,19,23)(H,21,22). The first-order valence-corrected chi connectivity index (χ1v) is 8.13. The fraction of sp³-hybridized carbons (Fsp3) is 0.0556. The summed E-state index contributed by atoms with van der Waals surface area (Å²) >= 11 is 1.40. The summed E-state index contributed by atoms with van der Waals surface area (Å²) in [6.07, 6.45) is -0.0816. The molecule has 3 rings (SSSR count). The molecule has 5 nitrogen and oxygen atoms in total. The van der Waals surface area contributed by atoms with Gasteiger partial charge in [0.05, 0.1) is 12.1 Å². The van der Waals surface area contributed by atoms with Crippen LogP contribution in [0.2, 0.25) is 0 Å². The molecule has 2 aromatic carbocycles. The fourth-order valence-electron chi connectivity index (χ4n) is 2.16. The van der Waals surface area contributed by atoms with Gasteiger partial charge in [-0.15, -0.1) is 11.3 Å². The lowest BCUT2D eigenvalue weighted by molar-refractivity contribution is -0.136. The predicted molar refractivity (Wildman–Crippen MR) is 93.3 cm³/mol. The van der Waals surface area contributed by atoms with Gasteiger partial charge in [0.1, 0.15) is 5.01 Å². The second-order valence-corrected chi connectivity index (χ2v) is 5.97. The Balaban J connectivity index is 1.70. The molecule has 1 heterocycles. The Morgan fingerprint density at radius 1 is 1.04 bits per heavy atom. The van der Waals surface area contributed by atoms with Gasteiger partial charge in [0, 0.05) is 22.2 Å². The average molecular weight is 338 g/mol. The maximum absolute atomic E-state index is 12.1. The number of nitrogens with one attached hydrogen (secondary N) is 1. The number of hydrogen-bond donors (Lipinski definition) is 2. The van der Waals surface area contributed by atoms with Crippen LogP contribution >= 0.6 is 11.3 Å². The van der Waals surface area contributed by atoms with Crippen LogP contribution in [0.1, 0.15) is 16.1 Å². The third-order valence-electron chi connectivity index (χ3n) is 3.31. The minimum atomic E-state index is -0.897. The van der Waals surface area contributed by atoms with Gasteiger partial charge < -0.3 is 10.4 Å². The van der Waals surface area contributed by atoms with Crippen LogP contribution in [0.3, 0.4) is 0 Å². The summed E-state index contributed by atoms with van der Waals surface area (Å²) in [5.74, 6) is -1.06. The smallest absolute Gasteiger partial charge is 0.309 e. The van der Waals surface area contributed by atoms with Crippen molar-refractivity contribution in [1.29, 1.82) is 0 Å². The van der Waals surface area contributed by atoms with E-state index in [0.717, 1.165) is 10.6 Å². The van der Waals surface area contributed by atoms with E-state index in [2.05, 4.69) is 10.3 Å². The summed E-state index contributed by atoms with van der Waals surface area (Å²) in [5, 5.41) is 14.1. The highest BCUT2D eigenvalue weighted by Gasteiger charge is 2.09. The number of thiazole rings is 1. The van der Waals surface area contributed by atoms with Crippen molar-refractivity contribution in [2.45, 2.75) is 6.42 Å². The lowest BCUT2D eigenvalue weighted by Crippen LogP contribution is -2.11. The van der Waals surface area contributed by atoms with Crippen molar-refractivity contribution in [2.24, 2.45) is 0 Å². The molecule has 6 heteroatoms. The van der Waals surface area contributed by atoms with E-state index < -0.39 is 5.97 Å². The summed E-state index contributed by atoms with van der Waals surface area (Å²) in [7, 11) is 0. The molecule has 120 valence electrons. The fourth-order valence-corrected chi connectivity index (χ4v) is 2.99. The highest BCUT2D eigenvalue weighted by Crippen LogP contribution is 2.25. The molecule has 0 saturated carbocycles. The van der Waals surface area contributed by atoms with E-state index in [1.54, 1.807) is 29.6 Å². The first-order chi connectivity index (χ1) is 11.6. The molecule has 0 atom stereocenters. The minimum absolute atomic E-state index is 0.0816. The Bertz CT molecular complexity index is 857. The number of rotatable bonds is 5. The Morgan fingerprint density at radius 3 is 2.42 bits per heavy atom. The number of carbonyl (C=O) groups excluding carboxylic acids is 1. The van der Waals surface area contributed by atoms with Gasteiger partial charge in [-0.1, -0.05) is 18.2 Å². The van der Waals surface area contributed by atoms with Crippen molar-refractivity contribution in [3.8, 4) is 10.6 Å². The van der Waals surface area contributed by atoms with Gasteiger partial charge in [-0.25, -0.2) is 4.98 Å². The number of amides is 1. The summed E-state index contributed by atoms with van der Waals surface area (Å²) in [5.41, 5.74) is 2.72. The molecule has 0 aliphatic carbocycles. The van der Waals surface area contributed by atoms with E-state index in [9.17, 15) is 9.59 Å². The van der Waals surface area contributed by atoms with E-state index in [1.165, 1.54) is 11.3 Å². The number of hydrogen-bond acceptors (Lipinski definition) is 4. The molecule has 0 fully saturated rings. The quantitative estimate of drug-likeness (QED) is 0.743. The van der Waals surface area contributed by atoms with Crippen molar-refractivity contribution < 1.29 is 14.7 Å². The van der Waals surface area contributed by atoms with Gasteiger partial charge in [0.2, 0.25) is 0 Å². The lowest BCUT2D eigenvalue weighted by Gasteiger charge is -2.05. The Kier molecular flexibility index (Phi) is 4.67. The van der Waals surface area contributed by atoms with E-state index in [-0.39, 0.29) is 12.3 Å². The molecule has 0 aliphatic rings. The molecule has 0 radical (unpaired) electrons. The third-order valence-corrected chi connectivity index (χ3v) is 4.25. The average Bonchev–Trinajstić information content (AvgIpc) is 3.04. The molecule has 1 aromatic heterocycles. The van der Waals surface area contributed by atoms with E-state index in [4.69, 9.17) is 5.11 Å². The van der Waals surface area contributed by atoms with Gasteiger partial charge in [-0.3, -0.25) is 9.59 Å². The molecule has 0 unspecified atom stereocenters. The highest BCUT2D eigenvalue weighted by molar-refractivity contribution is 7.13. The SMILES string of the molecule is O=C(O)Cc1csc(-c2ccc(NC(=O)c3ccccc3)cc2)n1. The van der Waals surface area contributed by atoms with Crippen LogP contribution in [0.4, 0.5) is 5.69 Å². The van der Waals surface area contributed by atoms with Gasteiger partial charge in [-0.2, -0.15) is 0 Å². The highest BCUT2D eigenvalue weighted by atomic mass is 32.1. The van der Waals surface area contributed by atoms with Crippen LogP contribution in [-0.2, 0) is 11.2 Å². The second kappa shape index (κ2) is 7.06. The number of aromatic nitrogens is 1. The number of carboxylic acids is 1. The lowest BCUT2D eigenvalue weighted by atomic mass is 10.2. The number of carbonyl (C=O) groups is 2. The Hall–Kier alpha value is -2.99. The van der Waals surface area contributed by atoms with Gasteiger partial charge in [0.25, 0.3) is 5.91 Å². The van der Waals surface area contributed by atoms with Crippen molar-refractivity contribution in [1.82, 2.24) is 4.98 Å². The summed E-state index contributed by atoms with van der Waals surface area (Å²) in [6, 6.07) is 16.3. The molecule has 0 spiro atoms. The maximum atomic E-state index is 12.1. The number of aliphatic carboxylic acids is 1. The van der Waals surface area contributed by atoms with Crippen LogP contribution in [0.5, 0.6) is 0 Å². The number of nitrogens with zero attached hydrogens (tertiary/aromatic N) is 1. The van der Waals surface area contributed by atoms with Crippen LogP contribution in [-0.4, -0.2) is 22.0 Å². The monoisotopic (exact) mass is 338 g/mol. The van der Waals surface area contributed by atoms with Gasteiger partial charge in [0.15, 0.2) is 0 Å². The molecular weight excluding hydrogens is 324 g/mol. The number of benzene rings is 2. The van der Waals surface area contributed by atoms with Crippen LogP contribution in [0.25, 0.3) is 10.6 Å². The number of anilines is 1. The molecule has 24 heavy (non-hydrogen) atoms. The van der Waals surface area contributed by atoms with Crippen LogP contribution in [0, 0.1) is 0 Å². The van der Waals surface area contributed by atoms with Crippen molar-refractivity contribution in [2.75, 3.05) is 5.32 Å². The first kappa shape index (κ1) is 15.9.